The normalized spacial score (nSPS) is 16.5. The van der Waals surface area contributed by atoms with Gasteiger partial charge in [0, 0.05) is 6.42 Å². The molecule has 0 spiro atoms. The van der Waals surface area contributed by atoms with E-state index in [1.54, 1.807) is 12.1 Å². The number of nitrogens with zero attached hydrogens (tertiary/aromatic N) is 4. The molecule has 3 rings (SSSR count). The van der Waals surface area contributed by atoms with E-state index in [9.17, 15) is 0 Å². The number of amidine groups is 1. The number of hydrogen-bond donors (Lipinski definition) is 1. The highest BCUT2D eigenvalue weighted by atomic mass is 16.5. The number of hydrazone groups is 1. The Labute approximate surface area is 139 Å². The quantitative estimate of drug-likeness (QED) is 0.797. The summed E-state index contributed by atoms with van der Waals surface area (Å²) in [5.74, 6) is 1.15. The SMILES string of the molecule is N#C/C1=N/Nc2ccccc2OCCCOc2ccccc2N=N1. The Hall–Kier alpha value is -3.40. The first-order valence-corrected chi connectivity index (χ1v) is 7.46. The topological polar surface area (TPSA) is 91.4 Å². The van der Waals surface area contributed by atoms with Crippen molar-refractivity contribution < 1.29 is 9.47 Å². The third-order valence-electron chi connectivity index (χ3n) is 3.19. The van der Waals surface area contributed by atoms with Gasteiger partial charge in [0.15, 0.2) is 0 Å². The molecule has 0 aliphatic carbocycles. The molecule has 0 atom stereocenters. The molecule has 2 aromatic rings. The Morgan fingerprint density at radius 3 is 2.46 bits per heavy atom. The van der Waals surface area contributed by atoms with Gasteiger partial charge >= 0.3 is 0 Å². The van der Waals surface area contributed by atoms with E-state index in [1.165, 1.54) is 0 Å². The molecule has 24 heavy (non-hydrogen) atoms. The number of hydrogen-bond acceptors (Lipinski definition) is 7. The van der Waals surface area contributed by atoms with Crippen LogP contribution in [-0.4, -0.2) is 19.0 Å². The van der Waals surface area contributed by atoms with Crippen molar-refractivity contribution in [2.24, 2.45) is 15.3 Å². The van der Waals surface area contributed by atoms with Gasteiger partial charge in [0.1, 0.15) is 23.3 Å². The highest BCUT2D eigenvalue weighted by molar-refractivity contribution is 5.97. The van der Waals surface area contributed by atoms with Crippen molar-refractivity contribution in [1.82, 2.24) is 0 Å². The van der Waals surface area contributed by atoms with Crippen LogP contribution in [0.3, 0.4) is 0 Å². The summed E-state index contributed by atoms with van der Waals surface area (Å²) in [5, 5.41) is 21.1. The minimum atomic E-state index is -0.100. The summed E-state index contributed by atoms with van der Waals surface area (Å²) >= 11 is 0. The van der Waals surface area contributed by atoms with Gasteiger partial charge in [-0.25, -0.2) is 0 Å². The minimum absolute atomic E-state index is 0.100. The minimum Gasteiger partial charge on any atom is -0.491 e. The predicted molar refractivity (Wildman–Crippen MR) is 89.7 cm³/mol. The number of ether oxygens (including phenoxy) is 2. The van der Waals surface area contributed by atoms with Crippen LogP contribution < -0.4 is 14.9 Å². The second-order valence-electron chi connectivity index (χ2n) is 4.87. The fourth-order valence-corrected chi connectivity index (χ4v) is 2.05. The molecule has 0 fully saturated rings. The molecule has 1 heterocycles. The maximum atomic E-state index is 9.16. The van der Waals surface area contributed by atoms with Crippen molar-refractivity contribution in [3.05, 3.63) is 48.5 Å². The largest absolute Gasteiger partial charge is 0.491 e. The van der Waals surface area contributed by atoms with Gasteiger partial charge in [-0.1, -0.05) is 24.3 Å². The first-order valence-electron chi connectivity index (χ1n) is 7.46. The van der Waals surface area contributed by atoms with Crippen LogP contribution in [0.4, 0.5) is 11.4 Å². The van der Waals surface area contributed by atoms with Crippen LogP contribution in [0.2, 0.25) is 0 Å². The van der Waals surface area contributed by atoms with E-state index < -0.39 is 0 Å². The average Bonchev–Trinajstić information content (AvgIpc) is 2.63. The zero-order valence-electron chi connectivity index (χ0n) is 12.8. The van der Waals surface area contributed by atoms with Crippen molar-refractivity contribution in [3.8, 4) is 17.6 Å². The molecular weight excluding hydrogens is 306 g/mol. The van der Waals surface area contributed by atoms with Gasteiger partial charge < -0.3 is 9.47 Å². The molecular formula is C17H15N5O2. The Balaban J connectivity index is 1.92. The van der Waals surface area contributed by atoms with E-state index in [0.717, 1.165) is 0 Å². The van der Waals surface area contributed by atoms with Gasteiger partial charge in [0.25, 0.3) is 5.84 Å². The molecule has 120 valence electrons. The van der Waals surface area contributed by atoms with Crippen molar-refractivity contribution in [2.45, 2.75) is 6.42 Å². The molecule has 2 aromatic carbocycles. The van der Waals surface area contributed by atoms with Crippen molar-refractivity contribution in [3.63, 3.8) is 0 Å². The average molecular weight is 321 g/mol. The lowest BCUT2D eigenvalue weighted by molar-refractivity contribution is 0.248. The summed E-state index contributed by atoms with van der Waals surface area (Å²) in [6.45, 7) is 0.985. The number of azo groups is 1. The molecule has 7 nitrogen and oxygen atoms in total. The number of nitriles is 1. The zero-order valence-corrected chi connectivity index (χ0v) is 12.8. The molecule has 0 radical (unpaired) electrons. The second-order valence-corrected chi connectivity index (χ2v) is 4.87. The summed E-state index contributed by atoms with van der Waals surface area (Å²) in [4.78, 5) is 0. The highest BCUT2D eigenvalue weighted by Crippen LogP contribution is 2.28. The van der Waals surface area contributed by atoms with Crippen molar-refractivity contribution >= 4 is 17.2 Å². The highest BCUT2D eigenvalue weighted by Gasteiger charge is 2.06. The lowest BCUT2D eigenvalue weighted by atomic mass is 10.3. The Morgan fingerprint density at radius 1 is 0.917 bits per heavy atom. The van der Waals surface area contributed by atoms with E-state index in [0.29, 0.717) is 42.5 Å². The van der Waals surface area contributed by atoms with E-state index in [-0.39, 0.29) is 5.84 Å². The first kappa shape index (κ1) is 15.5. The molecule has 0 amide bonds. The lowest BCUT2D eigenvalue weighted by Gasteiger charge is -2.12. The van der Waals surface area contributed by atoms with Gasteiger partial charge in [-0.05, 0) is 24.3 Å². The zero-order chi connectivity index (χ0) is 16.6. The third-order valence-corrected chi connectivity index (χ3v) is 3.19. The van der Waals surface area contributed by atoms with Gasteiger partial charge in [-0.3, -0.25) is 5.43 Å². The second kappa shape index (κ2) is 7.74. The summed E-state index contributed by atoms with van der Waals surface area (Å²) in [5.41, 5.74) is 3.99. The lowest BCUT2D eigenvalue weighted by Crippen LogP contribution is -2.07. The molecule has 1 N–H and O–H groups in total. The molecule has 0 saturated heterocycles. The molecule has 7 heteroatoms. The van der Waals surface area contributed by atoms with Crippen molar-refractivity contribution in [1.29, 1.82) is 5.26 Å². The predicted octanol–water partition coefficient (Wildman–Crippen LogP) is 3.88. The Morgan fingerprint density at radius 2 is 1.62 bits per heavy atom. The smallest absolute Gasteiger partial charge is 0.270 e. The van der Waals surface area contributed by atoms with E-state index in [1.807, 2.05) is 42.5 Å². The number of rotatable bonds is 0. The molecule has 1 aliphatic heterocycles. The van der Waals surface area contributed by atoms with E-state index >= 15 is 0 Å². The summed E-state index contributed by atoms with van der Waals surface area (Å²) in [7, 11) is 0. The third kappa shape index (κ3) is 3.87. The standard InChI is InChI=1S/C17H15N5O2/c18-12-17-21-19-13-6-1-3-8-15(13)23-10-5-11-24-16-9-4-2-7-14(16)20-22-17/h1-4,6-9,19H,5,10-11H2/b21-17-,22-20?. The summed E-state index contributed by atoms with van der Waals surface area (Å²) in [6, 6.07) is 16.5. The van der Waals surface area contributed by atoms with E-state index in [4.69, 9.17) is 14.7 Å². The number of fused-ring (bicyclic) bond motifs is 2. The van der Waals surface area contributed by atoms with Gasteiger partial charge in [0.05, 0.1) is 18.9 Å². The maximum Gasteiger partial charge on any atom is 0.270 e. The van der Waals surface area contributed by atoms with Gasteiger partial charge in [-0.15, -0.1) is 15.3 Å². The van der Waals surface area contributed by atoms with Crippen molar-refractivity contribution in [2.75, 3.05) is 18.6 Å². The molecule has 0 unspecified atom stereocenters. The first-order chi connectivity index (χ1) is 11.9. The molecule has 0 aromatic heterocycles. The summed E-state index contributed by atoms with van der Waals surface area (Å²) < 4.78 is 11.5. The van der Waals surface area contributed by atoms with Crippen LogP contribution >= 0.6 is 0 Å². The van der Waals surface area contributed by atoms with Crippen LogP contribution in [0.5, 0.6) is 11.5 Å². The molecule has 1 aliphatic rings. The summed E-state index contributed by atoms with van der Waals surface area (Å²) in [6.07, 6.45) is 0.715. The fraction of sp³-hybridized carbons (Fsp3) is 0.176. The van der Waals surface area contributed by atoms with E-state index in [2.05, 4.69) is 20.8 Å². The van der Waals surface area contributed by atoms with Crippen LogP contribution in [0.15, 0.2) is 63.9 Å². The fourth-order valence-electron chi connectivity index (χ4n) is 2.05. The Bertz CT molecular complexity index is 811. The maximum absolute atomic E-state index is 9.16. The Kier molecular flexibility index (Phi) is 5.00. The number of benzene rings is 2. The van der Waals surface area contributed by atoms with Crippen LogP contribution in [0, 0.1) is 11.3 Å². The van der Waals surface area contributed by atoms with Gasteiger partial charge in [0.2, 0.25) is 0 Å². The molecule has 0 saturated carbocycles. The molecule has 0 bridgehead atoms. The van der Waals surface area contributed by atoms with Crippen LogP contribution in [0.1, 0.15) is 6.42 Å². The number of para-hydroxylation sites is 3. The monoisotopic (exact) mass is 321 g/mol. The van der Waals surface area contributed by atoms with Crippen LogP contribution in [0.25, 0.3) is 0 Å². The van der Waals surface area contributed by atoms with Gasteiger partial charge in [-0.2, -0.15) is 5.26 Å². The number of nitrogens with one attached hydrogen (secondary N) is 1. The number of anilines is 1. The van der Waals surface area contributed by atoms with Crippen LogP contribution in [-0.2, 0) is 0 Å².